The lowest BCUT2D eigenvalue weighted by Crippen LogP contribution is -2.30. The first-order valence-electron chi connectivity index (χ1n) is 12.1. The van der Waals surface area contributed by atoms with Gasteiger partial charge in [-0.3, -0.25) is 14.5 Å². The molecule has 2 heterocycles. The number of rotatable bonds is 6. The summed E-state index contributed by atoms with van der Waals surface area (Å²) >= 11 is 6.38. The van der Waals surface area contributed by atoms with Crippen molar-refractivity contribution in [1.29, 1.82) is 0 Å². The van der Waals surface area contributed by atoms with Crippen molar-refractivity contribution in [1.82, 2.24) is 9.97 Å². The van der Waals surface area contributed by atoms with Crippen molar-refractivity contribution in [2.45, 2.75) is 32.9 Å². The Morgan fingerprint density at radius 1 is 1.11 bits per heavy atom. The molecule has 2 N–H and O–H groups in total. The molecule has 0 bridgehead atoms. The van der Waals surface area contributed by atoms with E-state index in [2.05, 4.69) is 9.97 Å². The quantitative estimate of drug-likeness (QED) is 0.181. The molecule has 194 valence electrons. The van der Waals surface area contributed by atoms with E-state index in [1.165, 1.54) is 12.0 Å². The summed E-state index contributed by atoms with van der Waals surface area (Å²) in [6.07, 6.45) is -0.0273. The topological polar surface area (TPSA) is 105 Å². The second-order valence-corrected chi connectivity index (χ2v) is 9.72. The Bertz CT molecular complexity index is 1560. The second kappa shape index (κ2) is 9.87. The number of methoxy groups -OCH3 is 1. The number of Topliss-reactive ketones (excluding diaryl/α,β-unsaturated/α-hetero) is 1. The molecule has 38 heavy (non-hydrogen) atoms. The number of imidazole rings is 1. The van der Waals surface area contributed by atoms with E-state index in [-0.39, 0.29) is 34.0 Å². The fourth-order valence-electron chi connectivity index (χ4n) is 4.68. The first-order chi connectivity index (χ1) is 18.2. The van der Waals surface area contributed by atoms with Crippen LogP contribution in [0.3, 0.4) is 0 Å². The van der Waals surface area contributed by atoms with Crippen LogP contribution in [0.4, 0.5) is 5.95 Å². The minimum atomic E-state index is -0.979. The number of carbonyl (C=O) groups excluding carboxylic acids is 2. The van der Waals surface area contributed by atoms with Crippen LogP contribution >= 0.6 is 11.6 Å². The van der Waals surface area contributed by atoms with Crippen LogP contribution in [-0.4, -0.2) is 40.0 Å². The number of amides is 1. The maximum absolute atomic E-state index is 13.5. The van der Waals surface area contributed by atoms with Gasteiger partial charge in [0.1, 0.15) is 17.3 Å². The lowest BCUT2D eigenvalue weighted by atomic mass is 9.94. The number of carbonyl (C=O) groups is 2. The normalized spacial score (nSPS) is 17.0. The van der Waals surface area contributed by atoms with Gasteiger partial charge in [-0.25, -0.2) is 4.98 Å². The van der Waals surface area contributed by atoms with E-state index in [1.54, 1.807) is 49.4 Å². The Labute approximate surface area is 224 Å². The summed E-state index contributed by atoms with van der Waals surface area (Å²) in [5, 5.41) is 11.8. The van der Waals surface area contributed by atoms with Gasteiger partial charge < -0.3 is 19.6 Å². The van der Waals surface area contributed by atoms with Gasteiger partial charge in [-0.1, -0.05) is 35.9 Å². The zero-order valence-corrected chi connectivity index (χ0v) is 22.0. The number of aromatic nitrogens is 2. The van der Waals surface area contributed by atoms with E-state index in [1.807, 2.05) is 32.0 Å². The first kappa shape index (κ1) is 25.4. The molecule has 1 aliphatic heterocycles. The summed E-state index contributed by atoms with van der Waals surface area (Å²) in [7, 11) is 1.42. The summed E-state index contributed by atoms with van der Waals surface area (Å²) in [5.74, 6) is -1.04. The molecule has 9 heteroatoms. The van der Waals surface area contributed by atoms with Crippen LogP contribution < -0.4 is 14.4 Å². The second-order valence-electron chi connectivity index (χ2n) is 9.31. The number of para-hydroxylation sites is 2. The highest BCUT2D eigenvalue weighted by atomic mass is 35.5. The van der Waals surface area contributed by atoms with E-state index in [4.69, 9.17) is 21.1 Å². The summed E-state index contributed by atoms with van der Waals surface area (Å²) in [5.41, 5.74) is 2.78. The Morgan fingerprint density at radius 2 is 1.82 bits per heavy atom. The number of halogens is 1. The maximum atomic E-state index is 13.5. The van der Waals surface area contributed by atoms with Crippen molar-refractivity contribution in [2.75, 3.05) is 12.0 Å². The number of anilines is 1. The van der Waals surface area contributed by atoms with Gasteiger partial charge in [-0.15, -0.1) is 0 Å². The Balaban J connectivity index is 1.73. The van der Waals surface area contributed by atoms with Crippen molar-refractivity contribution in [3.8, 4) is 11.5 Å². The van der Waals surface area contributed by atoms with Crippen LogP contribution in [0.5, 0.6) is 11.5 Å². The number of fused-ring (bicyclic) bond motifs is 1. The van der Waals surface area contributed by atoms with E-state index in [9.17, 15) is 14.7 Å². The third kappa shape index (κ3) is 4.37. The van der Waals surface area contributed by atoms with Crippen LogP contribution in [0.25, 0.3) is 16.8 Å². The number of hydrogen-bond donors (Lipinski definition) is 2. The number of benzene rings is 3. The van der Waals surface area contributed by atoms with Crippen LogP contribution in [0.1, 0.15) is 36.6 Å². The molecule has 0 radical (unpaired) electrons. The first-order valence-corrected chi connectivity index (χ1v) is 12.4. The van der Waals surface area contributed by atoms with E-state index >= 15 is 0 Å². The minimum Gasteiger partial charge on any atom is -0.507 e. The van der Waals surface area contributed by atoms with E-state index in [0.717, 1.165) is 5.56 Å². The third-order valence-corrected chi connectivity index (χ3v) is 6.55. The fourth-order valence-corrected chi connectivity index (χ4v) is 5.03. The molecule has 0 spiro atoms. The zero-order valence-electron chi connectivity index (χ0n) is 21.3. The van der Waals surface area contributed by atoms with Gasteiger partial charge in [0.2, 0.25) is 5.95 Å². The highest BCUT2D eigenvalue weighted by Gasteiger charge is 2.48. The van der Waals surface area contributed by atoms with Crippen LogP contribution in [0, 0.1) is 6.92 Å². The summed E-state index contributed by atoms with van der Waals surface area (Å²) < 4.78 is 11.2. The molecule has 8 nitrogen and oxygen atoms in total. The Morgan fingerprint density at radius 3 is 2.47 bits per heavy atom. The number of hydrogen-bond acceptors (Lipinski definition) is 6. The predicted molar refractivity (Wildman–Crippen MR) is 146 cm³/mol. The lowest BCUT2D eigenvalue weighted by Gasteiger charge is -2.23. The number of aromatic amines is 1. The molecule has 1 unspecified atom stereocenters. The Hall–Kier alpha value is -4.30. The zero-order chi connectivity index (χ0) is 27.1. The number of H-pyrrole nitrogens is 1. The van der Waals surface area contributed by atoms with Crippen LogP contribution in [0.15, 0.2) is 66.2 Å². The van der Waals surface area contributed by atoms with Crippen LogP contribution in [-0.2, 0) is 9.59 Å². The molecule has 4 aromatic rings. The minimum absolute atomic E-state index is 0.0273. The molecule has 1 saturated heterocycles. The van der Waals surface area contributed by atoms with E-state index < -0.39 is 23.5 Å². The number of aryl methyl sites for hydroxylation is 1. The fraction of sp³-hybridized carbons (Fsp3) is 0.207. The molecule has 1 aliphatic rings. The number of aliphatic hydroxyl groups excluding tert-OH is 1. The van der Waals surface area contributed by atoms with Crippen molar-refractivity contribution < 1.29 is 24.2 Å². The van der Waals surface area contributed by atoms with Gasteiger partial charge in [0, 0.05) is 0 Å². The van der Waals surface area contributed by atoms with Gasteiger partial charge in [0.25, 0.3) is 5.78 Å². The number of aliphatic hydroxyl groups is 1. The summed E-state index contributed by atoms with van der Waals surface area (Å²) in [6, 6.07) is 16.7. The average molecular weight is 532 g/mol. The van der Waals surface area contributed by atoms with Gasteiger partial charge >= 0.3 is 5.91 Å². The molecule has 1 fully saturated rings. The van der Waals surface area contributed by atoms with E-state index in [0.29, 0.717) is 22.3 Å². The SMILES string of the molecule is COc1c(Cl)cc(C)cc1/C(O)=C1\C(=O)C(=O)N(c2nc3ccccc3[nH]2)C1c1ccc(OC(C)C)cc1. The summed E-state index contributed by atoms with van der Waals surface area (Å²) in [6.45, 7) is 5.65. The lowest BCUT2D eigenvalue weighted by molar-refractivity contribution is -0.132. The standard InChI is InChI=1S/C29H26ClN3O5/c1-15(2)38-18-11-9-17(10-12-18)24-23(25(34)19-13-16(3)14-20(30)27(19)37-4)26(35)28(36)33(24)29-31-21-7-5-6-8-22(21)32-29/h5-15,24,34H,1-4H3,(H,31,32)/b25-23+. The van der Waals surface area contributed by atoms with Gasteiger partial charge in [-0.05, 0) is 68.3 Å². The van der Waals surface area contributed by atoms with Crippen molar-refractivity contribution >= 4 is 46.0 Å². The van der Waals surface area contributed by atoms with Crippen molar-refractivity contribution in [2.24, 2.45) is 0 Å². The smallest absolute Gasteiger partial charge is 0.302 e. The monoisotopic (exact) mass is 531 g/mol. The van der Waals surface area contributed by atoms with Crippen LogP contribution in [0.2, 0.25) is 5.02 Å². The van der Waals surface area contributed by atoms with Crippen molar-refractivity contribution in [3.63, 3.8) is 0 Å². The predicted octanol–water partition coefficient (Wildman–Crippen LogP) is 5.95. The highest BCUT2D eigenvalue weighted by Crippen LogP contribution is 2.44. The van der Waals surface area contributed by atoms with Gasteiger partial charge in [-0.2, -0.15) is 0 Å². The number of ether oxygens (including phenoxy) is 2. The highest BCUT2D eigenvalue weighted by molar-refractivity contribution is 6.51. The molecule has 0 aliphatic carbocycles. The van der Waals surface area contributed by atoms with Gasteiger partial charge in [0.05, 0.1) is 46.4 Å². The molecule has 3 aromatic carbocycles. The molecule has 1 aromatic heterocycles. The number of ketones is 1. The summed E-state index contributed by atoms with van der Waals surface area (Å²) in [4.78, 5) is 36.0. The molecular formula is C29H26ClN3O5. The average Bonchev–Trinajstić information content (AvgIpc) is 3.41. The maximum Gasteiger partial charge on any atom is 0.302 e. The Kier molecular flexibility index (Phi) is 6.59. The molecular weight excluding hydrogens is 506 g/mol. The van der Waals surface area contributed by atoms with Crippen molar-refractivity contribution in [3.05, 3.63) is 87.9 Å². The molecule has 1 atom stereocenters. The van der Waals surface area contributed by atoms with Gasteiger partial charge in [0.15, 0.2) is 0 Å². The molecule has 0 saturated carbocycles. The molecule has 1 amide bonds. The largest absolute Gasteiger partial charge is 0.507 e. The third-order valence-electron chi connectivity index (χ3n) is 6.26. The number of nitrogens with zero attached hydrogens (tertiary/aromatic N) is 2. The molecule has 5 rings (SSSR count). The number of nitrogens with one attached hydrogen (secondary N) is 1.